The van der Waals surface area contributed by atoms with Gasteiger partial charge in [0.25, 0.3) is 0 Å². The number of benzene rings is 1. The molecular formula is C23H32N5O4P3. The van der Waals surface area contributed by atoms with Crippen molar-refractivity contribution >= 4 is 44.3 Å². The molecule has 1 fully saturated rings. The highest BCUT2D eigenvalue weighted by Gasteiger charge is 2.35. The Balaban J connectivity index is 1.42. The van der Waals surface area contributed by atoms with E-state index in [1.807, 2.05) is 54.7 Å². The van der Waals surface area contributed by atoms with Crippen molar-refractivity contribution in [2.75, 3.05) is 6.61 Å². The van der Waals surface area contributed by atoms with E-state index in [9.17, 15) is 4.79 Å². The first-order valence-corrected chi connectivity index (χ1v) is 13.8. The van der Waals surface area contributed by atoms with Crippen molar-refractivity contribution < 1.29 is 18.6 Å². The van der Waals surface area contributed by atoms with Gasteiger partial charge in [0.05, 0.1) is 29.9 Å². The van der Waals surface area contributed by atoms with Crippen LogP contribution in [-0.2, 0) is 14.1 Å². The van der Waals surface area contributed by atoms with Crippen LogP contribution < -0.4 is 9.61 Å². The van der Waals surface area contributed by atoms with Gasteiger partial charge in [-0.2, -0.15) is 0 Å². The topological polar surface area (TPSA) is 90.7 Å². The average Bonchev–Trinajstić information content (AvgIpc) is 3.37. The van der Waals surface area contributed by atoms with E-state index >= 15 is 0 Å². The van der Waals surface area contributed by atoms with Crippen LogP contribution in [0.5, 0.6) is 5.75 Å². The standard InChI is InChI=1S/C23H32N5O4P3/c1-15(2)31-23(29)16(3)26-35(32-18-7-5-4-6-8-18)30-13-17-9-10-20(28(17)34)19-12-27(33)21-11-24-14-25-22(19)21/h4-8,11-12,14-17,20,26H,9-10,13,33-34H2,1-3H3. The third kappa shape index (κ3) is 6.54. The van der Waals surface area contributed by atoms with Crippen molar-refractivity contribution in [3.63, 3.8) is 0 Å². The van der Waals surface area contributed by atoms with Crippen LogP contribution in [0, 0.1) is 0 Å². The number of nitrogens with one attached hydrogen (secondary N) is 1. The molecule has 1 N–H and O–H groups in total. The molecule has 6 unspecified atom stereocenters. The monoisotopic (exact) mass is 535 g/mol. The largest absolute Gasteiger partial charge is 0.462 e. The van der Waals surface area contributed by atoms with E-state index in [1.165, 1.54) is 5.56 Å². The average molecular weight is 535 g/mol. The highest BCUT2D eigenvalue weighted by molar-refractivity contribution is 7.45. The van der Waals surface area contributed by atoms with Crippen molar-refractivity contribution in [1.29, 1.82) is 0 Å². The molecule has 1 aliphatic rings. The predicted octanol–water partition coefficient (Wildman–Crippen LogP) is 4.62. The third-order valence-corrected chi connectivity index (χ3v) is 8.32. The minimum atomic E-state index is -1.58. The Bertz CT molecular complexity index is 1130. The number of nitrogens with zero attached hydrogens (tertiary/aromatic N) is 4. The molecule has 188 valence electrons. The fourth-order valence-corrected chi connectivity index (χ4v) is 6.13. The van der Waals surface area contributed by atoms with E-state index in [0.29, 0.717) is 12.4 Å². The van der Waals surface area contributed by atoms with Gasteiger partial charge in [-0.15, -0.1) is 0 Å². The molecule has 0 spiro atoms. The molecule has 1 aliphatic heterocycles. The van der Waals surface area contributed by atoms with Gasteiger partial charge in [-0.1, -0.05) is 27.6 Å². The Labute approximate surface area is 211 Å². The molecule has 6 atom stereocenters. The van der Waals surface area contributed by atoms with Crippen LogP contribution in [0.3, 0.4) is 0 Å². The maximum absolute atomic E-state index is 12.4. The van der Waals surface area contributed by atoms with Gasteiger partial charge in [0.15, 0.2) is 0 Å². The van der Waals surface area contributed by atoms with Crippen LogP contribution in [0.2, 0.25) is 0 Å². The summed E-state index contributed by atoms with van der Waals surface area (Å²) in [4.78, 5) is 21.0. The SMILES string of the molecule is CC(C)OC(=O)C(C)NP(OCC1CCC(c2cn(P)c3cncnc23)N1P)Oc1ccccc1. The van der Waals surface area contributed by atoms with Gasteiger partial charge in [0, 0.05) is 23.8 Å². The maximum Gasteiger partial charge on any atom is 0.323 e. The quantitative estimate of drug-likeness (QED) is 0.297. The van der Waals surface area contributed by atoms with Gasteiger partial charge in [0.1, 0.15) is 18.1 Å². The molecule has 4 rings (SSSR count). The zero-order valence-electron chi connectivity index (χ0n) is 20.1. The van der Waals surface area contributed by atoms with Crippen molar-refractivity contribution in [1.82, 2.24) is 24.1 Å². The lowest BCUT2D eigenvalue weighted by Gasteiger charge is -2.27. The van der Waals surface area contributed by atoms with Crippen LogP contribution in [0.25, 0.3) is 11.0 Å². The summed E-state index contributed by atoms with van der Waals surface area (Å²) in [6.45, 7) is 5.86. The van der Waals surface area contributed by atoms with Gasteiger partial charge in [-0.05, 0) is 55.1 Å². The van der Waals surface area contributed by atoms with Gasteiger partial charge < -0.3 is 18.1 Å². The van der Waals surface area contributed by atoms with Crippen molar-refractivity contribution in [2.24, 2.45) is 0 Å². The number of carbonyl (C=O) groups is 1. The molecule has 0 bridgehead atoms. The van der Waals surface area contributed by atoms with E-state index in [1.54, 1.807) is 13.3 Å². The van der Waals surface area contributed by atoms with Crippen LogP contribution in [-0.4, -0.2) is 49.7 Å². The molecule has 12 heteroatoms. The summed E-state index contributed by atoms with van der Waals surface area (Å²) >= 11 is 0. The molecule has 1 saturated heterocycles. The van der Waals surface area contributed by atoms with Crippen LogP contribution >= 0.6 is 27.3 Å². The number of hydrogen-bond donors (Lipinski definition) is 1. The molecular weight excluding hydrogens is 503 g/mol. The molecule has 0 radical (unpaired) electrons. The molecule has 35 heavy (non-hydrogen) atoms. The van der Waals surface area contributed by atoms with E-state index in [2.05, 4.69) is 44.7 Å². The smallest absolute Gasteiger partial charge is 0.323 e. The molecule has 0 aliphatic carbocycles. The number of carbonyl (C=O) groups excluding carboxylic acids is 1. The predicted molar refractivity (Wildman–Crippen MR) is 144 cm³/mol. The second-order valence-corrected chi connectivity index (χ2v) is 11.1. The summed E-state index contributed by atoms with van der Waals surface area (Å²) in [5, 5.41) is 3.18. The van der Waals surface area contributed by atoms with E-state index < -0.39 is 14.6 Å². The van der Waals surface area contributed by atoms with Crippen LogP contribution in [0.4, 0.5) is 0 Å². The number of rotatable bonds is 10. The Hall–Kier alpha value is -1.72. The molecule has 3 heterocycles. The number of esters is 1. The normalized spacial score (nSPS) is 20.3. The van der Waals surface area contributed by atoms with Gasteiger partial charge >= 0.3 is 14.5 Å². The number of para-hydroxylation sites is 1. The lowest BCUT2D eigenvalue weighted by molar-refractivity contribution is -0.149. The van der Waals surface area contributed by atoms with Crippen molar-refractivity contribution in [3.05, 3.63) is 54.6 Å². The van der Waals surface area contributed by atoms with Crippen LogP contribution in [0.1, 0.15) is 45.2 Å². The summed E-state index contributed by atoms with van der Waals surface area (Å²) in [6.07, 6.45) is 7.27. The third-order valence-electron chi connectivity index (χ3n) is 5.76. The highest BCUT2D eigenvalue weighted by Crippen LogP contribution is 2.44. The second kappa shape index (κ2) is 12.0. The number of fused-ring (bicyclic) bond motifs is 1. The second-order valence-electron chi connectivity index (χ2n) is 8.74. The van der Waals surface area contributed by atoms with Gasteiger partial charge in [-0.3, -0.25) is 9.46 Å². The Morgan fingerprint density at radius 3 is 2.74 bits per heavy atom. The zero-order valence-corrected chi connectivity index (χ0v) is 23.3. The van der Waals surface area contributed by atoms with Gasteiger partial charge in [-0.25, -0.2) is 15.1 Å². The summed E-state index contributed by atoms with van der Waals surface area (Å²) in [6, 6.07) is 9.25. The summed E-state index contributed by atoms with van der Waals surface area (Å²) in [5.74, 6) is 0.340. The van der Waals surface area contributed by atoms with Crippen molar-refractivity contribution in [2.45, 2.75) is 57.8 Å². The molecule has 2 aromatic heterocycles. The van der Waals surface area contributed by atoms with Gasteiger partial charge in [0.2, 0.25) is 0 Å². The summed E-state index contributed by atoms with van der Waals surface area (Å²) in [7, 11) is 3.99. The molecule has 0 saturated carbocycles. The molecule has 9 nitrogen and oxygen atoms in total. The Morgan fingerprint density at radius 1 is 1.23 bits per heavy atom. The zero-order chi connectivity index (χ0) is 24.9. The number of ether oxygens (including phenoxy) is 1. The Morgan fingerprint density at radius 2 is 2.00 bits per heavy atom. The molecule has 0 amide bonds. The maximum atomic E-state index is 12.4. The van der Waals surface area contributed by atoms with E-state index in [-0.39, 0.29) is 24.2 Å². The molecule has 1 aromatic carbocycles. The first-order chi connectivity index (χ1) is 16.8. The van der Waals surface area contributed by atoms with Crippen molar-refractivity contribution in [3.8, 4) is 5.75 Å². The van der Waals surface area contributed by atoms with E-state index in [0.717, 1.165) is 23.9 Å². The number of hydrogen-bond acceptors (Lipinski definition) is 8. The lowest BCUT2D eigenvalue weighted by atomic mass is 10.1. The lowest BCUT2D eigenvalue weighted by Crippen LogP contribution is -2.35. The first-order valence-electron chi connectivity index (χ1n) is 11.5. The summed E-state index contributed by atoms with van der Waals surface area (Å²) < 4.78 is 21.9. The fraction of sp³-hybridized carbons (Fsp3) is 0.435. The molecule has 3 aromatic rings. The minimum absolute atomic E-state index is 0.166. The fourth-order valence-electron chi connectivity index (χ4n) is 4.01. The van der Waals surface area contributed by atoms with E-state index in [4.69, 9.17) is 13.8 Å². The number of aromatic nitrogens is 3. The first kappa shape index (κ1) is 26.3. The van der Waals surface area contributed by atoms with Crippen LogP contribution in [0.15, 0.2) is 49.1 Å². The summed E-state index contributed by atoms with van der Waals surface area (Å²) in [5.41, 5.74) is 3.11. The highest BCUT2D eigenvalue weighted by atomic mass is 31.2. The Kier molecular flexibility index (Phi) is 9.04. The minimum Gasteiger partial charge on any atom is -0.462 e.